The van der Waals surface area contributed by atoms with Crippen LogP contribution in [0.2, 0.25) is 0 Å². The number of carbonyl (C=O) groups is 3. The summed E-state index contributed by atoms with van der Waals surface area (Å²) < 4.78 is 36.6. The van der Waals surface area contributed by atoms with E-state index in [2.05, 4.69) is 0 Å². The van der Waals surface area contributed by atoms with Gasteiger partial charge in [-0.1, -0.05) is 54.6 Å². The molecule has 4 unspecified atom stereocenters. The van der Waals surface area contributed by atoms with Crippen LogP contribution in [0.1, 0.15) is 31.1 Å². The molecule has 8 heteroatoms. The number of hydrogen-bond acceptors (Lipinski definition) is 7. The van der Waals surface area contributed by atoms with Gasteiger partial charge in [0.25, 0.3) is 0 Å². The van der Waals surface area contributed by atoms with Crippen LogP contribution in [0.3, 0.4) is 0 Å². The number of benzene rings is 3. The fourth-order valence-electron chi connectivity index (χ4n) is 3.38. The third-order valence-electron chi connectivity index (χ3n) is 5.12. The molecule has 3 aromatic rings. The smallest absolute Gasteiger partial charge is 0.340 e. The van der Waals surface area contributed by atoms with Crippen molar-refractivity contribution in [1.82, 2.24) is 0 Å². The van der Waals surface area contributed by atoms with E-state index in [0.717, 1.165) is 0 Å². The van der Waals surface area contributed by atoms with Crippen LogP contribution in [0.15, 0.2) is 91.0 Å². The standard InChI is InChI=1S/C26H21FO7/c27-21-22(33-24(29)18-12-6-2-7-13-18)20(16-31-23(28)17-10-4-1-5-11-17)32-26(21)34-25(30)19-14-8-3-9-15-19/h1-15,20-22,26H,16H2/i27-1. The molecule has 4 atom stereocenters. The van der Waals surface area contributed by atoms with Crippen molar-refractivity contribution in [2.75, 3.05) is 6.61 Å². The van der Waals surface area contributed by atoms with Crippen LogP contribution in [-0.2, 0) is 18.9 Å². The number of rotatable bonds is 7. The van der Waals surface area contributed by atoms with Crippen LogP contribution in [0.4, 0.5) is 4.39 Å². The first-order chi connectivity index (χ1) is 16.5. The van der Waals surface area contributed by atoms with E-state index < -0.39 is 49.2 Å². The minimum absolute atomic E-state index is 0.204. The highest BCUT2D eigenvalue weighted by Crippen LogP contribution is 2.29. The third kappa shape index (κ3) is 5.47. The molecule has 0 bridgehead atoms. The second kappa shape index (κ2) is 10.7. The van der Waals surface area contributed by atoms with Gasteiger partial charge in [-0.05, 0) is 36.4 Å². The highest BCUT2D eigenvalue weighted by Gasteiger charge is 2.50. The SMILES string of the molecule is O=C(OCC1OC(OC(=O)c2ccccc2)C([18F])C1OC(=O)c1ccccc1)c1ccccc1. The van der Waals surface area contributed by atoms with E-state index in [1.807, 2.05) is 0 Å². The van der Waals surface area contributed by atoms with Gasteiger partial charge in [-0.2, -0.15) is 0 Å². The van der Waals surface area contributed by atoms with Crippen molar-refractivity contribution in [2.45, 2.75) is 24.7 Å². The molecule has 0 N–H and O–H groups in total. The van der Waals surface area contributed by atoms with Crippen molar-refractivity contribution in [3.05, 3.63) is 108 Å². The highest BCUT2D eigenvalue weighted by molar-refractivity contribution is 5.90. The van der Waals surface area contributed by atoms with Gasteiger partial charge in [0.2, 0.25) is 12.5 Å². The normalized spacial score (nSPS) is 21.4. The minimum atomic E-state index is -2.00. The van der Waals surface area contributed by atoms with Crippen LogP contribution in [-0.4, -0.2) is 49.2 Å². The topological polar surface area (TPSA) is 88.1 Å². The number of carbonyl (C=O) groups excluding carboxylic acids is 3. The monoisotopic (exact) mass is 463 g/mol. The highest BCUT2D eigenvalue weighted by atomic mass is 18.2. The molecule has 0 radical (unpaired) electrons. The van der Waals surface area contributed by atoms with E-state index in [4.69, 9.17) is 18.9 Å². The molecule has 4 rings (SSSR count). The second-order valence-electron chi connectivity index (χ2n) is 7.46. The molecule has 1 fully saturated rings. The Bertz CT molecular complexity index is 1120. The summed E-state index contributed by atoms with van der Waals surface area (Å²) in [7, 11) is 0. The van der Waals surface area contributed by atoms with Crippen molar-refractivity contribution in [3.8, 4) is 0 Å². The van der Waals surface area contributed by atoms with Gasteiger partial charge in [-0.15, -0.1) is 0 Å². The lowest BCUT2D eigenvalue weighted by atomic mass is 10.1. The van der Waals surface area contributed by atoms with Gasteiger partial charge >= 0.3 is 17.9 Å². The lowest BCUT2D eigenvalue weighted by Gasteiger charge is -2.19. The van der Waals surface area contributed by atoms with Crippen molar-refractivity contribution in [3.63, 3.8) is 0 Å². The second-order valence-corrected chi connectivity index (χ2v) is 7.46. The average Bonchev–Trinajstić information content (AvgIpc) is 3.17. The van der Waals surface area contributed by atoms with E-state index in [-0.39, 0.29) is 11.1 Å². The summed E-state index contributed by atoms with van der Waals surface area (Å²) in [6.07, 6.45) is -6.31. The van der Waals surface area contributed by atoms with Crippen molar-refractivity contribution >= 4 is 17.9 Å². The first kappa shape index (κ1) is 23.1. The maximum Gasteiger partial charge on any atom is 0.340 e. The van der Waals surface area contributed by atoms with Crippen LogP contribution in [0.5, 0.6) is 0 Å². The molecule has 1 heterocycles. The summed E-state index contributed by atoms with van der Waals surface area (Å²) in [5.41, 5.74) is 0.705. The Hall–Kier alpha value is -4.04. The molecular formula is C26H21FO7. The fourth-order valence-corrected chi connectivity index (χ4v) is 3.38. The molecule has 7 nitrogen and oxygen atoms in total. The quantitative estimate of drug-likeness (QED) is 0.387. The number of ether oxygens (including phenoxy) is 4. The summed E-state index contributed by atoms with van der Waals surface area (Å²) in [5, 5.41) is 0. The average molecular weight is 463 g/mol. The Balaban J connectivity index is 1.47. The zero-order chi connectivity index (χ0) is 23.9. The van der Waals surface area contributed by atoms with Crippen LogP contribution >= 0.6 is 0 Å². The van der Waals surface area contributed by atoms with Crippen molar-refractivity contribution in [2.24, 2.45) is 0 Å². The van der Waals surface area contributed by atoms with Crippen molar-refractivity contribution in [1.29, 1.82) is 0 Å². The van der Waals surface area contributed by atoms with Crippen LogP contribution in [0.25, 0.3) is 0 Å². The number of esters is 3. The van der Waals surface area contributed by atoms with Crippen LogP contribution < -0.4 is 0 Å². The molecule has 1 aliphatic rings. The Labute approximate surface area is 195 Å². The van der Waals surface area contributed by atoms with Gasteiger partial charge in [0.1, 0.15) is 12.7 Å². The number of alkyl halides is 1. The van der Waals surface area contributed by atoms with E-state index in [0.29, 0.717) is 5.56 Å². The van der Waals surface area contributed by atoms with Gasteiger partial charge in [-0.3, -0.25) is 0 Å². The molecule has 1 aliphatic heterocycles. The Morgan fingerprint density at radius 3 is 1.62 bits per heavy atom. The third-order valence-corrected chi connectivity index (χ3v) is 5.12. The Morgan fingerprint density at radius 1 is 0.676 bits per heavy atom. The summed E-state index contributed by atoms with van der Waals surface area (Å²) in [5.74, 6) is -2.24. The molecule has 0 spiro atoms. The molecule has 0 aromatic heterocycles. The maximum atomic E-state index is 15.3. The fraction of sp³-hybridized carbons (Fsp3) is 0.192. The molecule has 34 heavy (non-hydrogen) atoms. The molecule has 174 valence electrons. The van der Waals surface area contributed by atoms with E-state index in [9.17, 15) is 14.4 Å². The Morgan fingerprint density at radius 2 is 1.12 bits per heavy atom. The van der Waals surface area contributed by atoms with Crippen LogP contribution in [0, 0.1) is 0 Å². The van der Waals surface area contributed by atoms with Gasteiger partial charge in [0, 0.05) is 0 Å². The molecule has 0 amide bonds. The molecular weight excluding hydrogens is 442 g/mol. The molecule has 0 saturated carbocycles. The number of halogens is 1. The maximum absolute atomic E-state index is 15.3. The lowest BCUT2D eigenvalue weighted by molar-refractivity contribution is -0.129. The molecule has 1 saturated heterocycles. The van der Waals surface area contributed by atoms with E-state index in [1.165, 1.54) is 24.3 Å². The largest absolute Gasteiger partial charge is 0.459 e. The minimum Gasteiger partial charge on any atom is -0.459 e. The zero-order valence-corrected chi connectivity index (χ0v) is 17.9. The number of hydrogen-bond donors (Lipinski definition) is 0. The van der Waals surface area contributed by atoms with Gasteiger partial charge in [-0.25, -0.2) is 18.8 Å². The van der Waals surface area contributed by atoms with E-state index in [1.54, 1.807) is 66.7 Å². The zero-order valence-electron chi connectivity index (χ0n) is 17.9. The first-order valence-corrected chi connectivity index (χ1v) is 10.6. The van der Waals surface area contributed by atoms with Gasteiger partial charge < -0.3 is 18.9 Å². The van der Waals surface area contributed by atoms with Gasteiger partial charge in [0.05, 0.1) is 16.7 Å². The van der Waals surface area contributed by atoms with Gasteiger partial charge in [0.15, 0.2) is 6.10 Å². The lowest BCUT2D eigenvalue weighted by Crippen LogP contribution is -2.37. The van der Waals surface area contributed by atoms with E-state index >= 15 is 4.39 Å². The summed E-state index contributed by atoms with van der Waals surface area (Å²) in [4.78, 5) is 37.2. The molecule has 3 aromatic carbocycles. The van der Waals surface area contributed by atoms with Crippen molar-refractivity contribution < 1.29 is 37.7 Å². The Kier molecular flexibility index (Phi) is 7.29. The summed E-state index contributed by atoms with van der Waals surface area (Å²) in [6.45, 7) is -0.416. The first-order valence-electron chi connectivity index (χ1n) is 10.6. The summed E-state index contributed by atoms with van der Waals surface area (Å²) >= 11 is 0. The predicted molar refractivity (Wildman–Crippen MR) is 118 cm³/mol. The predicted octanol–water partition coefficient (Wildman–Crippen LogP) is 3.99. The molecule has 0 aliphatic carbocycles. The summed E-state index contributed by atoms with van der Waals surface area (Å²) in [6, 6.07) is 24.2.